The van der Waals surface area contributed by atoms with Gasteiger partial charge in [-0.2, -0.15) is 0 Å². The molecule has 1 unspecified atom stereocenters. The molecule has 1 aliphatic rings. The van der Waals surface area contributed by atoms with Crippen molar-refractivity contribution in [2.75, 3.05) is 18.0 Å². The summed E-state index contributed by atoms with van der Waals surface area (Å²) in [6.45, 7) is 4.63. The van der Waals surface area contributed by atoms with E-state index in [4.69, 9.17) is 0 Å². The molecule has 1 atom stereocenters. The van der Waals surface area contributed by atoms with Crippen molar-refractivity contribution in [3.63, 3.8) is 0 Å². The highest BCUT2D eigenvalue weighted by atomic mass is 16.3. The van der Waals surface area contributed by atoms with Crippen molar-refractivity contribution in [2.24, 2.45) is 0 Å². The topological polar surface area (TPSA) is 43.8 Å². The molecule has 1 aliphatic heterocycles. The number of nitrogens with zero attached hydrogens (tertiary/aromatic N) is 2. The number of phenols is 1. The molecule has 2 aromatic rings. The summed E-state index contributed by atoms with van der Waals surface area (Å²) >= 11 is 0. The van der Waals surface area contributed by atoms with Crippen LogP contribution in [-0.4, -0.2) is 35.0 Å². The summed E-state index contributed by atoms with van der Waals surface area (Å²) in [5.74, 6) is 0.299. The SMILES string of the molecule is CCC(=O)N(c1cccc(O)c1)C1CCN(Cc2ccccc2)C1. The summed E-state index contributed by atoms with van der Waals surface area (Å²) in [4.78, 5) is 16.8. The Morgan fingerprint density at radius 1 is 1.21 bits per heavy atom. The molecule has 24 heavy (non-hydrogen) atoms. The number of carbonyl (C=O) groups is 1. The van der Waals surface area contributed by atoms with Gasteiger partial charge in [0, 0.05) is 37.8 Å². The van der Waals surface area contributed by atoms with Crippen molar-refractivity contribution >= 4 is 11.6 Å². The van der Waals surface area contributed by atoms with Crippen LogP contribution in [0.5, 0.6) is 5.75 Å². The molecule has 3 rings (SSSR count). The van der Waals surface area contributed by atoms with Gasteiger partial charge in [0.05, 0.1) is 6.04 Å². The zero-order valence-corrected chi connectivity index (χ0v) is 14.1. The Balaban J connectivity index is 1.74. The van der Waals surface area contributed by atoms with E-state index in [1.54, 1.807) is 18.2 Å². The zero-order chi connectivity index (χ0) is 16.9. The maximum absolute atomic E-state index is 12.5. The molecule has 0 radical (unpaired) electrons. The van der Waals surface area contributed by atoms with Crippen LogP contribution in [0.1, 0.15) is 25.3 Å². The molecule has 2 aromatic carbocycles. The van der Waals surface area contributed by atoms with Gasteiger partial charge in [-0.25, -0.2) is 0 Å². The van der Waals surface area contributed by atoms with Gasteiger partial charge in [0.15, 0.2) is 0 Å². The number of rotatable bonds is 5. The number of phenolic OH excluding ortho intramolecular Hbond substituents is 1. The van der Waals surface area contributed by atoms with Crippen LogP contribution in [0.15, 0.2) is 54.6 Å². The Kier molecular flexibility index (Phi) is 5.16. The van der Waals surface area contributed by atoms with Gasteiger partial charge in [0.1, 0.15) is 5.75 Å². The van der Waals surface area contributed by atoms with Crippen LogP contribution in [0.25, 0.3) is 0 Å². The predicted octanol–water partition coefficient (Wildman–Crippen LogP) is 3.41. The van der Waals surface area contributed by atoms with Crippen molar-refractivity contribution < 1.29 is 9.90 Å². The largest absolute Gasteiger partial charge is 0.508 e. The molecule has 0 bridgehead atoms. The van der Waals surface area contributed by atoms with E-state index in [0.29, 0.717) is 6.42 Å². The van der Waals surface area contributed by atoms with E-state index in [2.05, 4.69) is 29.2 Å². The minimum Gasteiger partial charge on any atom is -0.508 e. The Morgan fingerprint density at radius 3 is 2.71 bits per heavy atom. The zero-order valence-electron chi connectivity index (χ0n) is 14.1. The molecule has 4 nitrogen and oxygen atoms in total. The number of carbonyl (C=O) groups excluding carboxylic acids is 1. The fourth-order valence-electron chi connectivity index (χ4n) is 3.38. The van der Waals surface area contributed by atoms with Gasteiger partial charge < -0.3 is 10.0 Å². The highest BCUT2D eigenvalue weighted by molar-refractivity contribution is 5.94. The molecular formula is C20H24N2O2. The average Bonchev–Trinajstić information content (AvgIpc) is 3.04. The quantitative estimate of drug-likeness (QED) is 0.916. The first-order valence-electron chi connectivity index (χ1n) is 8.54. The molecule has 0 spiro atoms. The van der Waals surface area contributed by atoms with Crippen LogP contribution in [0, 0.1) is 0 Å². The molecule has 1 amide bonds. The highest BCUT2D eigenvalue weighted by Gasteiger charge is 2.31. The maximum atomic E-state index is 12.5. The number of hydrogen-bond acceptors (Lipinski definition) is 3. The molecule has 0 aliphatic carbocycles. The predicted molar refractivity (Wildman–Crippen MR) is 96.0 cm³/mol. The normalized spacial score (nSPS) is 17.8. The third-order valence-electron chi connectivity index (χ3n) is 4.54. The highest BCUT2D eigenvalue weighted by Crippen LogP contribution is 2.27. The van der Waals surface area contributed by atoms with Crippen molar-refractivity contribution in [1.82, 2.24) is 4.90 Å². The fourth-order valence-corrected chi connectivity index (χ4v) is 3.38. The van der Waals surface area contributed by atoms with Gasteiger partial charge in [-0.15, -0.1) is 0 Å². The van der Waals surface area contributed by atoms with E-state index >= 15 is 0 Å². The van der Waals surface area contributed by atoms with Crippen molar-refractivity contribution in [1.29, 1.82) is 0 Å². The lowest BCUT2D eigenvalue weighted by Crippen LogP contribution is -2.41. The third-order valence-corrected chi connectivity index (χ3v) is 4.54. The van der Waals surface area contributed by atoms with E-state index in [-0.39, 0.29) is 17.7 Å². The molecule has 1 saturated heterocycles. The number of hydrogen-bond donors (Lipinski definition) is 1. The van der Waals surface area contributed by atoms with Crippen molar-refractivity contribution in [3.8, 4) is 5.75 Å². The monoisotopic (exact) mass is 324 g/mol. The van der Waals surface area contributed by atoms with E-state index in [0.717, 1.165) is 31.7 Å². The van der Waals surface area contributed by atoms with E-state index < -0.39 is 0 Å². The Hall–Kier alpha value is -2.33. The van der Waals surface area contributed by atoms with Gasteiger partial charge >= 0.3 is 0 Å². The summed E-state index contributed by atoms with van der Waals surface area (Å²) in [6, 6.07) is 17.6. The third kappa shape index (κ3) is 3.77. The lowest BCUT2D eigenvalue weighted by Gasteiger charge is -2.29. The van der Waals surface area contributed by atoms with E-state index in [1.165, 1.54) is 5.56 Å². The minimum absolute atomic E-state index is 0.104. The second kappa shape index (κ2) is 7.49. The van der Waals surface area contributed by atoms with E-state index in [9.17, 15) is 9.90 Å². The Bertz CT molecular complexity index is 687. The molecule has 1 N–H and O–H groups in total. The summed E-state index contributed by atoms with van der Waals surface area (Å²) < 4.78 is 0. The van der Waals surface area contributed by atoms with E-state index in [1.807, 2.05) is 24.0 Å². The summed E-state index contributed by atoms with van der Waals surface area (Å²) in [6.07, 6.45) is 1.42. The summed E-state index contributed by atoms with van der Waals surface area (Å²) in [5, 5.41) is 9.76. The Morgan fingerprint density at radius 2 is 2.00 bits per heavy atom. The fraction of sp³-hybridized carbons (Fsp3) is 0.350. The lowest BCUT2D eigenvalue weighted by molar-refractivity contribution is -0.118. The van der Waals surface area contributed by atoms with Crippen LogP contribution >= 0.6 is 0 Å². The number of aromatic hydroxyl groups is 1. The van der Waals surface area contributed by atoms with Gasteiger partial charge in [-0.3, -0.25) is 9.69 Å². The number of amides is 1. The molecule has 0 saturated carbocycles. The molecule has 4 heteroatoms. The molecule has 1 heterocycles. The van der Waals surface area contributed by atoms with Crippen LogP contribution in [0.3, 0.4) is 0 Å². The van der Waals surface area contributed by atoms with Gasteiger partial charge in [0.2, 0.25) is 5.91 Å². The molecular weight excluding hydrogens is 300 g/mol. The first-order valence-corrected chi connectivity index (χ1v) is 8.54. The second-order valence-electron chi connectivity index (χ2n) is 6.30. The first-order chi connectivity index (χ1) is 11.7. The van der Waals surface area contributed by atoms with Crippen LogP contribution in [0.2, 0.25) is 0 Å². The number of anilines is 1. The summed E-state index contributed by atoms with van der Waals surface area (Å²) in [5.41, 5.74) is 2.08. The molecule has 1 fully saturated rings. The van der Waals surface area contributed by atoms with Crippen LogP contribution in [-0.2, 0) is 11.3 Å². The molecule has 0 aromatic heterocycles. The first kappa shape index (κ1) is 16.5. The van der Waals surface area contributed by atoms with Crippen molar-refractivity contribution in [2.45, 2.75) is 32.4 Å². The summed E-state index contributed by atoms with van der Waals surface area (Å²) in [7, 11) is 0. The maximum Gasteiger partial charge on any atom is 0.227 e. The van der Waals surface area contributed by atoms with Crippen molar-refractivity contribution in [3.05, 3.63) is 60.2 Å². The number of likely N-dealkylation sites (tertiary alicyclic amines) is 1. The Labute approximate surface area is 143 Å². The van der Waals surface area contributed by atoms with Gasteiger partial charge in [0.25, 0.3) is 0 Å². The van der Waals surface area contributed by atoms with Crippen LogP contribution < -0.4 is 4.90 Å². The average molecular weight is 324 g/mol. The number of benzene rings is 2. The smallest absolute Gasteiger partial charge is 0.227 e. The second-order valence-corrected chi connectivity index (χ2v) is 6.30. The lowest BCUT2D eigenvalue weighted by atomic mass is 10.1. The van der Waals surface area contributed by atoms with Gasteiger partial charge in [-0.1, -0.05) is 43.3 Å². The minimum atomic E-state index is 0.104. The van der Waals surface area contributed by atoms with Crippen LogP contribution in [0.4, 0.5) is 5.69 Å². The van der Waals surface area contributed by atoms with Gasteiger partial charge in [-0.05, 0) is 24.1 Å². The standard InChI is InChI=1S/C20H24N2O2/c1-2-20(24)22(17-9-6-10-19(23)13-17)18-11-12-21(15-18)14-16-7-4-3-5-8-16/h3-10,13,18,23H,2,11-12,14-15H2,1H3. The molecule has 126 valence electrons.